The van der Waals surface area contributed by atoms with Crippen LogP contribution < -0.4 is 0 Å². The third-order valence-corrected chi connectivity index (χ3v) is 6.18. The summed E-state index contributed by atoms with van der Waals surface area (Å²) < 4.78 is 4.36. The lowest BCUT2D eigenvalue weighted by Crippen LogP contribution is -1.96. The van der Waals surface area contributed by atoms with Crippen LogP contribution in [0, 0.1) is 17.9 Å². The molecule has 0 N–H and O–H groups in total. The van der Waals surface area contributed by atoms with E-state index in [-0.39, 0.29) is 0 Å². The number of aryl methyl sites for hydroxylation is 1. The molecule has 0 fully saturated rings. The van der Waals surface area contributed by atoms with Crippen molar-refractivity contribution in [3.05, 3.63) is 95.8 Å². The van der Waals surface area contributed by atoms with Gasteiger partial charge in [0, 0.05) is 34.4 Å². The van der Waals surface area contributed by atoms with E-state index in [1.807, 2.05) is 36.4 Å². The van der Waals surface area contributed by atoms with Crippen molar-refractivity contribution in [2.45, 2.75) is 0 Å². The molecule has 0 amide bonds. The first-order valence-corrected chi connectivity index (χ1v) is 10.0. The Balaban J connectivity index is 1.77. The molecule has 6 aromatic rings. The molecule has 4 heteroatoms. The summed E-state index contributed by atoms with van der Waals surface area (Å²) in [7, 11) is 2.09. The largest absolute Gasteiger partial charge is 0.344 e. The van der Waals surface area contributed by atoms with Gasteiger partial charge in [0.2, 0.25) is 0 Å². The molecule has 4 nitrogen and oxygen atoms in total. The predicted octanol–water partition coefficient (Wildman–Crippen LogP) is 6.85. The first-order valence-electron chi connectivity index (χ1n) is 10.0. The van der Waals surface area contributed by atoms with Crippen molar-refractivity contribution >= 4 is 49.3 Å². The van der Waals surface area contributed by atoms with Crippen LogP contribution in [-0.4, -0.2) is 9.13 Å². The molecule has 0 spiro atoms. The van der Waals surface area contributed by atoms with Crippen molar-refractivity contribution < 1.29 is 0 Å². The lowest BCUT2D eigenvalue weighted by atomic mass is 10.1. The summed E-state index contributed by atoms with van der Waals surface area (Å²) in [6.45, 7) is 7.41. The minimum Gasteiger partial charge on any atom is -0.344 e. The summed E-state index contributed by atoms with van der Waals surface area (Å²) >= 11 is 0. The van der Waals surface area contributed by atoms with Crippen molar-refractivity contribution in [3.8, 4) is 11.8 Å². The van der Waals surface area contributed by atoms with E-state index in [2.05, 4.69) is 69.6 Å². The predicted molar refractivity (Wildman–Crippen MR) is 126 cm³/mol. The van der Waals surface area contributed by atoms with Gasteiger partial charge in [-0.15, -0.1) is 0 Å². The Labute approximate surface area is 178 Å². The van der Waals surface area contributed by atoms with Crippen LogP contribution in [0.25, 0.3) is 54.1 Å². The number of hydrogen-bond donors (Lipinski definition) is 0. The van der Waals surface area contributed by atoms with Crippen molar-refractivity contribution in [2.24, 2.45) is 7.05 Å². The van der Waals surface area contributed by atoms with E-state index in [9.17, 15) is 5.26 Å². The highest BCUT2D eigenvalue weighted by Gasteiger charge is 2.17. The van der Waals surface area contributed by atoms with Gasteiger partial charge in [0.25, 0.3) is 0 Å². The number of nitrogens with zero attached hydrogens (tertiary/aromatic N) is 4. The molecule has 144 valence electrons. The molecule has 0 aliphatic heterocycles. The first kappa shape index (κ1) is 17.3. The van der Waals surface area contributed by atoms with Gasteiger partial charge in [-0.2, -0.15) is 5.26 Å². The molecule has 6 rings (SSSR count). The van der Waals surface area contributed by atoms with Crippen molar-refractivity contribution in [1.29, 1.82) is 5.26 Å². The second-order valence-electron chi connectivity index (χ2n) is 7.74. The summed E-state index contributed by atoms with van der Waals surface area (Å²) in [5.74, 6) is 0. The lowest BCUT2D eigenvalue weighted by Gasteiger charge is -2.10. The molecule has 2 aromatic heterocycles. The Bertz CT molecular complexity index is 1770. The summed E-state index contributed by atoms with van der Waals surface area (Å²) in [6.07, 6.45) is 0. The monoisotopic (exact) mass is 396 g/mol. The maximum Gasteiger partial charge on any atom is 0.188 e. The molecular formula is C27H16N4. The van der Waals surface area contributed by atoms with Gasteiger partial charge in [-0.3, -0.25) is 0 Å². The van der Waals surface area contributed by atoms with Gasteiger partial charge >= 0.3 is 0 Å². The Morgan fingerprint density at radius 3 is 2.42 bits per heavy atom. The Morgan fingerprint density at radius 1 is 0.774 bits per heavy atom. The van der Waals surface area contributed by atoms with E-state index in [0.29, 0.717) is 11.3 Å². The summed E-state index contributed by atoms with van der Waals surface area (Å²) in [5.41, 5.74) is 6.41. The highest BCUT2D eigenvalue weighted by atomic mass is 15.0. The number of aromatic nitrogens is 2. The van der Waals surface area contributed by atoms with E-state index in [0.717, 1.165) is 33.0 Å². The fourth-order valence-corrected chi connectivity index (χ4v) is 4.77. The number of rotatable bonds is 1. The number of para-hydroxylation sites is 2. The Kier molecular flexibility index (Phi) is 3.48. The normalized spacial score (nSPS) is 11.3. The van der Waals surface area contributed by atoms with Gasteiger partial charge in [-0.25, -0.2) is 4.85 Å². The van der Waals surface area contributed by atoms with E-state index in [4.69, 9.17) is 6.57 Å². The molecular weight excluding hydrogens is 380 g/mol. The molecule has 31 heavy (non-hydrogen) atoms. The molecule has 4 aromatic carbocycles. The highest BCUT2D eigenvalue weighted by Crippen LogP contribution is 2.37. The van der Waals surface area contributed by atoms with E-state index >= 15 is 0 Å². The van der Waals surface area contributed by atoms with Crippen LogP contribution in [0.2, 0.25) is 0 Å². The Morgan fingerprint density at radius 2 is 1.58 bits per heavy atom. The standard InChI is InChI=1S/C27H16N4/c1-29-18-10-13-25-23(14-18)22-8-5-6-17(16-28)27(22)31(25)19-11-12-21-20-7-3-4-9-24(20)30(2)26(21)15-19/h3-15H,2H3. The maximum absolute atomic E-state index is 9.83. The molecule has 0 bridgehead atoms. The third kappa shape index (κ3) is 2.28. The smallest absolute Gasteiger partial charge is 0.188 e. The molecule has 0 aliphatic carbocycles. The molecule has 0 aliphatic rings. The van der Waals surface area contributed by atoms with Crippen LogP contribution >= 0.6 is 0 Å². The molecule has 0 saturated carbocycles. The van der Waals surface area contributed by atoms with Crippen LogP contribution in [-0.2, 0) is 7.05 Å². The van der Waals surface area contributed by atoms with Crippen LogP contribution in [0.3, 0.4) is 0 Å². The molecule has 0 atom stereocenters. The zero-order valence-corrected chi connectivity index (χ0v) is 16.8. The van der Waals surface area contributed by atoms with Gasteiger partial charge in [0.05, 0.1) is 28.7 Å². The molecule has 2 heterocycles. The third-order valence-electron chi connectivity index (χ3n) is 6.18. The molecule has 0 radical (unpaired) electrons. The summed E-state index contributed by atoms with van der Waals surface area (Å²) in [6, 6.07) is 28.7. The van der Waals surface area contributed by atoms with E-state index in [1.54, 1.807) is 0 Å². The van der Waals surface area contributed by atoms with Gasteiger partial charge in [-0.1, -0.05) is 42.5 Å². The number of hydrogen-bond acceptors (Lipinski definition) is 1. The summed E-state index contributed by atoms with van der Waals surface area (Å²) in [4.78, 5) is 3.60. The number of benzene rings is 4. The van der Waals surface area contributed by atoms with Crippen LogP contribution in [0.15, 0.2) is 78.9 Å². The van der Waals surface area contributed by atoms with Crippen LogP contribution in [0.5, 0.6) is 0 Å². The second-order valence-corrected chi connectivity index (χ2v) is 7.74. The number of fused-ring (bicyclic) bond motifs is 6. The number of nitriles is 1. The zero-order valence-electron chi connectivity index (χ0n) is 16.8. The van der Waals surface area contributed by atoms with Crippen molar-refractivity contribution in [3.63, 3.8) is 0 Å². The van der Waals surface area contributed by atoms with E-state index in [1.165, 1.54) is 16.3 Å². The fraction of sp³-hybridized carbons (Fsp3) is 0.0370. The fourth-order valence-electron chi connectivity index (χ4n) is 4.77. The van der Waals surface area contributed by atoms with Crippen molar-refractivity contribution in [1.82, 2.24) is 9.13 Å². The lowest BCUT2D eigenvalue weighted by molar-refractivity contribution is 1.01. The topological polar surface area (TPSA) is 38.0 Å². The second kappa shape index (κ2) is 6.23. The van der Waals surface area contributed by atoms with Gasteiger partial charge < -0.3 is 9.13 Å². The molecule has 0 unspecified atom stereocenters. The Hall–Kier alpha value is -4.54. The van der Waals surface area contributed by atoms with Crippen molar-refractivity contribution in [2.75, 3.05) is 0 Å². The van der Waals surface area contributed by atoms with Gasteiger partial charge in [-0.05, 0) is 41.8 Å². The average molecular weight is 396 g/mol. The van der Waals surface area contributed by atoms with Crippen LogP contribution in [0.1, 0.15) is 5.56 Å². The zero-order chi connectivity index (χ0) is 21.1. The van der Waals surface area contributed by atoms with Gasteiger partial charge in [0.1, 0.15) is 6.07 Å². The first-order chi connectivity index (χ1) is 15.2. The van der Waals surface area contributed by atoms with Crippen LogP contribution in [0.4, 0.5) is 5.69 Å². The minimum atomic E-state index is 0.595. The van der Waals surface area contributed by atoms with E-state index < -0.39 is 0 Å². The summed E-state index contributed by atoms with van der Waals surface area (Å²) in [5, 5.41) is 14.2. The average Bonchev–Trinajstić information content (AvgIpc) is 3.31. The maximum atomic E-state index is 9.83. The molecule has 0 saturated heterocycles. The highest BCUT2D eigenvalue weighted by molar-refractivity contribution is 6.13. The SMILES string of the molecule is [C-]#[N+]c1ccc2c(c1)c1cccc(C#N)c1n2-c1ccc2c3ccccc3n(C)c2c1. The van der Waals surface area contributed by atoms with Gasteiger partial charge in [0.15, 0.2) is 5.69 Å². The quantitative estimate of drug-likeness (QED) is 0.280. The minimum absolute atomic E-state index is 0.595.